The number of halogens is 3. The van der Waals surface area contributed by atoms with Gasteiger partial charge in [0.15, 0.2) is 15.4 Å². The van der Waals surface area contributed by atoms with Crippen LogP contribution in [-0.4, -0.2) is 37.0 Å². The third-order valence-electron chi connectivity index (χ3n) is 4.28. The number of aliphatic hydroxyl groups is 1. The van der Waals surface area contributed by atoms with Crippen molar-refractivity contribution in [3.63, 3.8) is 0 Å². The summed E-state index contributed by atoms with van der Waals surface area (Å²) in [6, 6.07) is 5.23. The molecule has 28 heavy (non-hydrogen) atoms. The van der Waals surface area contributed by atoms with Crippen molar-refractivity contribution in [2.45, 2.75) is 35.8 Å². The zero-order valence-corrected chi connectivity index (χ0v) is 16.0. The molecule has 1 unspecified atom stereocenters. The van der Waals surface area contributed by atoms with Crippen molar-refractivity contribution in [2.75, 3.05) is 5.32 Å². The van der Waals surface area contributed by atoms with Gasteiger partial charge in [-0.15, -0.1) is 11.3 Å². The predicted molar refractivity (Wildman–Crippen MR) is 95.0 cm³/mol. The molecule has 6 nitrogen and oxygen atoms in total. The van der Waals surface area contributed by atoms with Crippen molar-refractivity contribution < 1.29 is 36.3 Å². The van der Waals surface area contributed by atoms with Gasteiger partial charge < -0.3 is 10.4 Å². The van der Waals surface area contributed by atoms with Crippen LogP contribution in [0.5, 0.6) is 0 Å². The van der Waals surface area contributed by atoms with E-state index in [0.717, 1.165) is 11.3 Å². The summed E-state index contributed by atoms with van der Waals surface area (Å²) >= 11 is 1.04. The number of sulfone groups is 1. The van der Waals surface area contributed by atoms with Gasteiger partial charge in [0.1, 0.15) is 0 Å². The zero-order valence-electron chi connectivity index (χ0n) is 14.3. The average molecular weight is 433 g/mol. The summed E-state index contributed by atoms with van der Waals surface area (Å²) in [5, 5.41) is 13.2. The maximum absolute atomic E-state index is 12.9. The number of rotatable bonds is 3. The highest BCUT2D eigenvalue weighted by Crippen LogP contribution is 2.37. The number of hydrogen-bond donors (Lipinski definition) is 2. The van der Waals surface area contributed by atoms with Crippen LogP contribution in [0.25, 0.3) is 0 Å². The van der Waals surface area contributed by atoms with E-state index in [9.17, 15) is 36.3 Å². The van der Waals surface area contributed by atoms with Crippen LogP contribution in [0.2, 0.25) is 0 Å². The van der Waals surface area contributed by atoms with Crippen LogP contribution in [0.3, 0.4) is 0 Å². The number of nitrogens with one attached hydrogen (secondary N) is 1. The van der Waals surface area contributed by atoms with Gasteiger partial charge in [-0.3, -0.25) is 9.59 Å². The third-order valence-corrected chi connectivity index (χ3v) is 6.93. The van der Waals surface area contributed by atoms with Gasteiger partial charge in [0.25, 0.3) is 0 Å². The van der Waals surface area contributed by atoms with Crippen molar-refractivity contribution >= 4 is 38.6 Å². The molecule has 0 radical (unpaired) electrons. The molecule has 150 valence electrons. The van der Waals surface area contributed by atoms with Crippen molar-refractivity contribution in [2.24, 2.45) is 0 Å². The molecule has 1 aromatic carbocycles. The number of ketones is 1. The molecule has 3 rings (SSSR count). The molecule has 2 N–H and O–H groups in total. The Morgan fingerprint density at radius 2 is 1.96 bits per heavy atom. The van der Waals surface area contributed by atoms with Crippen LogP contribution in [0.1, 0.15) is 34.1 Å². The minimum atomic E-state index is -5.04. The second-order valence-electron chi connectivity index (χ2n) is 6.54. The number of fused-ring (bicyclic) bond motifs is 2. The van der Waals surface area contributed by atoms with Crippen molar-refractivity contribution in [1.29, 1.82) is 0 Å². The van der Waals surface area contributed by atoms with E-state index in [1.165, 1.54) is 24.3 Å². The first-order chi connectivity index (χ1) is 12.8. The molecule has 11 heteroatoms. The number of amides is 1. The number of alkyl halides is 3. The summed E-state index contributed by atoms with van der Waals surface area (Å²) < 4.78 is 63.7. The van der Waals surface area contributed by atoms with Gasteiger partial charge in [0.05, 0.1) is 33.2 Å². The van der Waals surface area contributed by atoms with E-state index in [0.29, 0.717) is 12.5 Å². The monoisotopic (exact) mass is 433 g/mol. The molecule has 1 aliphatic rings. The lowest BCUT2D eigenvalue weighted by Gasteiger charge is -2.25. The van der Waals surface area contributed by atoms with Crippen molar-refractivity contribution in [1.82, 2.24) is 0 Å². The summed E-state index contributed by atoms with van der Waals surface area (Å²) in [6.45, 7) is 0.450. The zero-order chi connectivity index (χ0) is 20.9. The van der Waals surface area contributed by atoms with Crippen molar-refractivity contribution in [3.05, 3.63) is 45.6 Å². The van der Waals surface area contributed by atoms with Gasteiger partial charge in [-0.25, -0.2) is 8.42 Å². The Morgan fingerprint density at radius 3 is 2.61 bits per heavy atom. The second-order valence-corrected chi connectivity index (χ2v) is 9.41. The average Bonchev–Trinajstić information content (AvgIpc) is 2.96. The summed E-state index contributed by atoms with van der Waals surface area (Å²) in [5.74, 6) is -2.25. The van der Waals surface area contributed by atoms with Gasteiger partial charge in [0, 0.05) is 0 Å². The van der Waals surface area contributed by atoms with Crippen LogP contribution in [0.4, 0.5) is 18.9 Å². The number of thiophene rings is 1. The highest BCUT2D eigenvalue weighted by molar-refractivity contribution is 7.90. The molecule has 1 amide bonds. The quantitative estimate of drug-likeness (QED) is 0.775. The Labute approximate surface area is 161 Å². The van der Waals surface area contributed by atoms with E-state index in [-0.39, 0.29) is 21.0 Å². The minimum Gasteiger partial charge on any atom is -0.380 e. The number of benzene rings is 1. The lowest BCUT2D eigenvalue weighted by molar-refractivity contribution is -0.252. The maximum Gasteiger partial charge on any atom is 0.417 e. The van der Waals surface area contributed by atoms with Gasteiger partial charge in [-0.1, -0.05) is 6.07 Å². The van der Waals surface area contributed by atoms with Gasteiger partial charge in [-0.2, -0.15) is 13.2 Å². The Kier molecular flexibility index (Phi) is 4.89. The van der Waals surface area contributed by atoms with Gasteiger partial charge in [0.2, 0.25) is 11.7 Å². The Hall–Kier alpha value is -2.24. The minimum absolute atomic E-state index is 0.186. The summed E-state index contributed by atoms with van der Waals surface area (Å²) in [7, 11) is -3.91. The lowest BCUT2D eigenvalue weighted by atomic mass is 10.0. The van der Waals surface area contributed by atoms with Crippen LogP contribution >= 0.6 is 11.3 Å². The molecule has 2 aromatic rings. The highest BCUT2D eigenvalue weighted by atomic mass is 32.2. The molecular weight excluding hydrogens is 419 g/mol. The first-order valence-electron chi connectivity index (χ1n) is 7.89. The SMILES string of the molecule is CC(O)(CC(=O)Nc1cccc2c1C(=O)c1sccc1CS2(=O)=O)C(F)(F)F. The van der Waals surface area contributed by atoms with Crippen LogP contribution < -0.4 is 5.32 Å². The predicted octanol–water partition coefficient (Wildman–Crippen LogP) is 2.91. The van der Waals surface area contributed by atoms with Gasteiger partial charge in [-0.05, 0) is 36.1 Å². The van der Waals surface area contributed by atoms with E-state index >= 15 is 0 Å². The third kappa shape index (κ3) is 3.56. The second kappa shape index (κ2) is 6.68. The lowest BCUT2D eigenvalue weighted by Crippen LogP contribution is -2.45. The first kappa shape index (κ1) is 20.5. The van der Waals surface area contributed by atoms with Crippen LogP contribution in [0, 0.1) is 0 Å². The smallest absolute Gasteiger partial charge is 0.380 e. The van der Waals surface area contributed by atoms with E-state index in [2.05, 4.69) is 5.32 Å². The number of anilines is 1. The largest absolute Gasteiger partial charge is 0.417 e. The number of hydrogen-bond acceptors (Lipinski definition) is 6. The van der Waals surface area contributed by atoms with Crippen LogP contribution in [0.15, 0.2) is 34.5 Å². The Balaban J connectivity index is 2.03. The van der Waals surface area contributed by atoms with E-state index in [4.69, 9.17) is 0 Å². The fourth-order valence-corrected chi connectivity index (χ4v) is 5.35. The molecule has 0 fully saturated rings. The summed E-state index contributed by atoms with van der Waals surface area (Å²) in [6.07, 6.45) is -6.35. The molecule has 2 heterocycles. The molecule has 0 aliphatic carbocycles. The molecule has 0 saturated carbocycles. The Morgan fingerprint density at radius 1 is 1.29 bits per heavy atom. The molecule has 1 atom stereocenters. The fraction of sp³-hybridized carbons (Fsp3) is 0.294. The number of carbonyl (C=O) groups excluding carboxylic acids is 2. The Bertz CT molecular complexity index is 1070. The maximum atomic E-state index is 12.9. The van der Waals surface area contributed by atoms with E-state index in [1.807, 2.05) is 0 Å². The van der Waals surface area contributed by atoms with E-state index < -0.39 is 45.5 Å². The molecule has 0 bridgehead atoms. The summed E-state index contributed by atoms with van der Waals surface area (Å²) in [4.78, 5) is 24.9. The summed E-state index contributed by atoms with van der Waals surface area (Å²) in [5.41, 5.74) is -3.48. The van der Waals surface area contributed by atoms with Gasteiger partial charge >= 0.3 is 6.18 Å². The topological polar surface area (TPSA) is 101 Å². The molecule has 0 spiro atoms. The van der Waals surface area contributed by atoms with Crippen LogP contribution in [-0.2, 0) is 20.4 Å². The van der Waals surface area contributed by atoms with E-state index in [1.54, 1.807) is 5.38 Å². The number of carbonyl (C=O) groups is 2. The standard InChI is InChI=1S/C17H14F3NO5S2/c1-16(24,17(18,19)20)7-12(22)21-10-3-2-4-11-13(10)14(23)15-9(5-6-27-15)8-28(11,25)26/h2-6,24H,7-8H2,1H3,(H,21,22). The fourth-order valence-electron chi connectivity index (χ4n) is 2.78. The molecule has 1 aromatic heterocycles. The molecule has 1 aliphatic heterocycles. The van der Waals surface area contributed by atoms with Crippen molar-refractivity contribution in [3.8, 4) is 0 Å². The normalized spacial score (nSPS) is 17.8. The molecular formula is C17H14F3NO5S2. The highest BCUT2D eigenvalue weighted by Gasteiger charge is 2.51. The first-order valence-corrected chi connectivity index (χ1v) is 10.4. The molecule has 0 saturated heterocycles.